The first-order valence-electron chi connectivity index (χ1n) is 6.86. The van der Waals surface area contributed by atoms with Gasteiger partial charge in [-0.1, -0.05) is 5.16 Å². The second-order valence-corrected chi connectivity index (χ2v) is 5.51. The number of hydrogen-bond acceptors (Lipinski definition) is 4. The molecular weight excluding hydrogens is 260 g/mol. The maximum Gasteiger partial charge on any atom is 0.306 e. The average Bonchev–Trinajstić information content (AvgIpc) is 2.96. The lowest BCUT2D eigenvalue weighted by molar-refractivity contribution is -0.141. The predicted octanol–water partition coefficient (Wildman–Crippen LogP) is 1.97. The Morgan fingerprint density at radius 1 is 1.35 bits per heavy atom. The Hall–Kier alpha value is -1.85. The number of nitrogens with zero attached hydrogens (tertiary/aromatic N) is 1. The summed E-state index contributed by atoms with van der Waals surface area (Å²) in [5.74, 6) is -0.787. The summed E-state index contributed by atoms with van der Waals surface area (Å²) in [6.07, 6.45) is 1.64. The molecule has 1 saturated carbocycles. The van der Waals surface area contributed by atoms with Gasteiger partial charge in [-0.05, 0) is 40.0 Å². The van der Waals surface area contributed by atoms with Gasteiger partial charge in [-0.15, -0.1) is 0 Å². The van der Waals surface area contributed by atoms with E-state index in [1.54, 1.807) is 0 Å². The summed E-state index contributed by atoms with van der Waals surface area (Å²) in [7, 11) is 0. The summed E-state index contributed by atoms with van der Waals surface area (Å²) in [6.45, 7) is 5.53. The van der Waals surface area contributed by atoms with Crippen LogP contribution in [0.3, 0.4) is 0 Å². The molecule has 1 aromatic heterocycles. The van der Waals surface area contributed by atoms with E-state index in [9.17, 15) is 9.59 Å². The molecule has 0 saturated heterocycles. The third kappa shape index (κ3) is 2.84. The zero-order chi connectivity index (χ0) is 14.9. The van der Waals surface area contributed by atoms with E-state index in [0.717, 1.165) is 11.3 Å². The smallest absolute Gasteiger partial charge is 0.306 e. The number of carbonyl (C=O) groups is 2. The Morgan fingerprint density at radius 2 is 2.00 bits per heavy atom. The second-order valence-electron chi connectivity index (χ2n) is 5.51. The third-order valence-electron chi connectivity index (χ3n) is 4.03. The van der Waals surface area contributed by atoms with Crippen molar-refractivity contribution in [3.05, 3.63) is 17.0 Å². The molecular formula is C14H20N2O4. The maximum absolute atomic E-state index is 12.2. The molecule has 6 nitrogen and oxygen atoms in total. The van der Waals surface area contributed by atoms with Crippen molar-refractivity contribution in [2.45, 2.75) is 46.1 Å². The van der Waals surface area contributed by atoms with Gasteiger partial charge in [-0.25, -0.2) is 0 Å². The van der Waals surface area contributed by atoms with Gasteiger partial charge in [0.2, 0.25) is 5.91 Å². The third-order valence-corrected chi connectivity index (χ3v) is 4.03. The number of hydrogen-bond donors (Lipinski definition) is 2. The van der Waals surface area contributed by atoms with Crippen molar-refractivity contribution in [2.75, 3.05) is 0 Å². The van der Waals surface area contributed by atoms with Crippen LogP contribution in [0.4, 0.5) is 0 Å². The fourth-order valence-corrected chi connectivity index (χ4v) is 2.96. The Balaban J connectivity index is 1.97. The summed E-state index contributed by atoms with van der Waals surface area (Å²) >= 11 is 0. The topological polar surface area (TPSA) is 92.4 Å². The highest BCUT2D eigenvalue weighted by Crippen LogP contribution is 2.32. The van der Waals surface area contributed by atoms with Crippen LogP contribution in [0.5, 0.6) is 0 Å². The first kappa shape index (κ1) is 14.6. The molecule has 2 N–H and O–H groups in total. The molecule has 0 aliphatic heterocycles. The summed E-state index contributed by atoms with van der Waals surface area (Å²) in [5.41, 5.74) is 1.66. The van der Waals surface area contributed by atoms with Gasteiger partial charge in [0.1, 0.15) is 5.76 Å². The summed E-state index contributed by atoms with van der Waals surface area (Å²) in [6, 6.07) is -0.183. The first-order chi connectivity index (χ1) is 9.40. The molecule has 3 atom stereocenters. The van der Waals surface area contributed by atoms with Crippen molar-refractivity contribution < 1.29 is 19.2 Å². The van der Waals surface area contributed by atoms with E-state index >= 15 is 0 Å². The quantitative estimate of drug-likeness (QED) is 0.879. The number of aromatic nitrogens is 1. The van der Waals surface area contributed by atoms with Crippen molar-refractivity contribution in [3.63, 3.8) is 0 Å². The van der Waals surface area contributed by atoms with Gasteiger partial charge in [-0.2, -0.15) is 0 Å². The Labute approximate surface area is 117 Å². The first-order valence-corrected chi connectivity index (χ1v) is 6.86. The lowest BCUT2D eigenvalue weighted by Crippen LogP contribution is -2.32. The molecule has 1 amide bonds. The predicted molar refractivity (Wildman–Crippen MR) is 71.0 cm³/mol. The zero-order valence-corrected chi connectivity index (χ0v) is 12.0. The zero-order valence-electron chi connectivity index (χ0n) is 12.0. The highest BCUT2D eigenvalue weighted by Gasteiger charge is 2.34. The molecule has 20 heavy (non-hydrogen) atoms. The number of carboxylic acids is 1. The molecule has 1 unspecified atom stereocenters. The standard InChI is InChI=1S/C14H20N2O4/c1-7(12-8(2)16-20-9(12)3)15-13(17)10-4-5-11(6-10)14(18)19/h7,10-11H,4-6H2,1-3H3,(H,15,17)(H,18,19)/t7?,10-,11+/m1/s1. The molecule has 1 aromatic rings. The Bertz CT molecular complexity index is 504. The van der Waals surface area contributed by atoms with Gasteiger partial charge in [0, 0.05) is 11.5 Å². The van der Waals surface area contributed by atoms with Crippen LogP contribution in [0.1, 0.15) is 49.2 Å². The van der Waals surface area contributed by atoms with Crippen molar-refractivity contribution in [1.82, 2.24) is 10.5 Å². The minimum Gasteiger partial charge on any atom is -0.481 e. The monoisotopic (exact) mass is 280 g/mol. The van der Waals surface area contributed by atoms with Crippen LogP contribution in [0.25, 0.3) is 0 Å². The fourth-order valence-electron chi connectivity index (χ4n) is 2.96. The minimum absolute atomic E-state index is 0.0822. The number of amides is 1. The highest BCUT2D eigenvalue weighted by molar-refractivity contribution is 5.81. The van der Waals surface area contributed by atoms with E-state index in [-0.39, 0.29) is 23.8 Å². The normalized spacial score (nSPS) is 23.6. The number of carbonyl (C=O) groups excluding carboxylic acids is 1. The fraction of sp³-hybridized carbons (Fsp3) is 0.643. The van der Waals surface area contributed by atoms with Crippen molar-refractivity contribution in [1.29, 1.82) is 0 Å². The number of rotatable bonds is 4. The number of aryl methyl sites for hydroxylation is 2. The van der Waals surface area contributed by atoms with Gasteiger partial charge in [-0.3, -0.25) is 9.59 Å². The second kappa shape index (κ2) is 5.64. The van der Waals surface area contributed by atoms with Crippen LogP contribution in [0.15, 0.2) is 4.52 Å². The lowest BCUT2D eigenvalue weighted by atomic mass is 10.0. The van der Waals surface area contributed by atoms with E-state index in [0.29, 0.717) is 25.0 Å². The van der Waals surface area contributed by atoms with Crippen LogP contribution < -0.4 is 5.32 Å². The summed E-state index contributed by atoms with van der Waals surface area (Å²) < 4.78 is 5.09. The van der Waals surface area contributed by atoms with Crippen molar-refractivity contribution in [3.8, 4) is 0 Å². The highest BCUT2D eigenvalue weighted by atomic mass is 16.5. The van der Waals surface area contributed by atoms with E-state index in [4.69, 9.17) is 9.63 Å². The summed E-state index contributed by atoms with van der Waals surface area (Å²) in [4.78, 5) is 23.1. The van der Waals surface area contributed by atoms with Crippen molar-refractivity contribution in [2.24, 2.45) is 11.8 Å². The van der Waals surface area contributed by atoms with Crippen molar-refractivity contribution >= 4 is 11.9 Å². The number of carboxylic acid groups (broad SMARTS) is 1. The lowest BCUT2D eigenvalue weighted by Gasteiger charge is -2.17. The molecule has 1 aliphatic carbocycles. The van der Waals surface area contributed by atoms with Gasteiger partial charge >= 0.3 is 5.97 Å². The van der Waals surface area contributed by atoms with Crippen LogP contribution in [0.2, 0.25) is 0 Å². The Morgan fingerprint density at radius 3 is 2.50 bits per heavy atom. The summed E-state index contributed by atoms with van der Waals surface area (Å²) in [5, 5.41) is 15.8. The molecule has 0 spiro atoms. The van der Waals surface area contributed by atoms with E-state index < -0.39 is 5.97 Å². The SMILES string of the molecule is Cc1noc(C)c1C(C)NC(=O)[C@@H]1CC[C@H](C(=O)O)C1. The van der Waals surface area contributed by atoms with Gasteiger partial charge in [0.25, 0.3) is 0 Å². The van der Waals surface area contributed by atoms with Gasteiger partial charge in [0.05, 0.1) is 17.7 Å². The van der Waals surface area contributed by atoms with E-state index in [2.05, 4.69) is 10.5 Å². The molecule has 0 radical (unpaired) electrons. The molecule has 1 heterocycles. The van der Waals surface area contributed by atoms with Crippen LogP contribution in [-0.4, -0.2) is 22.1 Å². The molecule has 1 aliphatic rings. The maximum atomic E-state index is 12.2. The van der Waals surface area contributed by atoms with Crippen LogP contribution in [-0.2, 0) is 9.59 Å². The van der Waals surface area contributed by atoms with Crippen LogP contribution in [0, 0.1) is 25.7 Å². The van der Waals surface area contributed by atoms with E-state index in [1.165, 1.54) is 0 Å². The molecule has 0 aromatic carbocycles. The molecule has 1 fully saturated rings. The van der Waals surface area contributed by atoms with Gasteiger partial charge in [0.15, 0.2) is 0 Å². The van der Waals surface area contributed by atoms with E-state index in [1.807, 2.05) is 20.8 Å². The molecule has 6 heteroatoms. The molecule has 0 bridgehead atoms. The van der Waals surface area contributed by atoms with Crippen LogP contribution >= 0.6 is 0 Å². The van der Waals surface area contributed by atoms with Gasteiger partial charge < -0.3 is 14.9 Å². The molecule has 2 rings (SSSR count). The largest absolute Gasteiger partial charge is 0.481 e. The number of aliphatic carboxylic acids is 1. The minimum atomic E-state index is -0.806. The Kier molecular flexibility index (Phi) is 4.11. The number of nitrogens with one attached hydrogen (secondary N) is 1. The average molecular weight is 280 g/mol. The molecule has 110 valence electrons.